The molecular weight excluding hydrogens is 406 g/mol. The summed E-state index contributed by atoms with van der Waals surface area (Å²) in [6.07, 6.45) is 2.84. The Hall–Kier alpha value is -3.12. The van der Waals surface area contributed by atoms with E-state index in [2.05, 4.69) is 40.7 Å². The van der Waals surface area contributed by atoms with E-state index in [4.69, 9.17) is 9.72 Å². The van der Waals surface area contributed by atoms with Crippen molar-refractivity contribution in [2.75, 3.05) is 6.61 Å². The fourth-order valence-electron chi connectivity index (χ4n) is 3.38. The minimum Gasteiger partial charge on any atom is -0.462 e. The number of thioether (sulfide) groups is 1. The van der Waals surface area contributed by atoms with Crippen LogP contribution in [-0.2, 0) is 23.5 Å². The van der Waals surface area contributed by atoms with Gasteiger partial charge in [-0.15, -0.1) is 0 Å². The third-order valence-corrected chi connectivity index (χ3v) is 6.12. The second-order valence-corrected chi connectivity index (χ2v) is 8.13. The molecule has 0 aliphatic rings. The van der Waals surface area contributed by atoms with Gasteiger partial charge in [0.1, 0.15) is 0 Å². The van der Waals surface area contributed by atoms with Crippen molar-refractivity contribution in [1.82, 2.24) is 14.5 Å². The van der Waals surface area contributed by atoms with E-state index >= 15 is 0 Å². The van der Waals surface area contributed by atoms with Crippen LogP contribution in [0, 0.1) is 0 Å². The Morgan fingerprint density at radius 1 is 1.03 bits per heavy atom. The molecule has 0 spiro atoms. The second-order valence-electron chi connectivity index (χ2n) is 7.18. The first-order valence-electron chi connectivity index (χ1n) is 10.5. The molecule has 5 nitrogen and oxygen atoms in total. The van der Waals surface area contributed by atoms with Gasteiger partial charge in [0.15, 0.2) is 5.16 Å². The second kappa shape index (κ2) is 9.79. The van der Waals surface area contributed by atoms with Crippen LogP contribution >= 0.6 is 11.8 Å². The maximum atomic E-state index is 12.2. The number of aryl methyl sites for hydroxylation is 1. The third-order valence-electron chi connectivity index (χ3n) is 5.07. The summed E-state index contributed by atoms with van der Waals surface area (Å²) in [7, 11) is 0. The largest absolute Gasteiger partial charge is 0.462 e. The number of carbonyl (C=O) groups excluding carboxylic acids is 1. The minimum atomic E-state index is -0.325. The zero-order valence-corrected chi connectivity index (χ0v) is 18.6. The van der Waals surface area contributed by atoms with Crippen LogP contribution in [0.3, 0.4) is 0 Å². The molecule has 0 unspecified atom stereocenters. The molecule has 2 aromatic heterocycles. The molecule has 0 saturated carbocycles. The van der Waals surface area contributed by atoms with Crippen molar-refractivity contribution in [2.45, 2.75) is 37.7 Å². The fourth-order valence-corrected chi connectivity index (χ4v) is 4.35. The predicted molar refractivity (Wildman–Crippen MR) is 124 cm³/mol. The number of benzene rings is 2. The van der Waals surface area contributed by atoms with Crippen LogP contribution in [0.1, 0.15) is 41.0 Å². The summed E-state index contributed by atoms with van der Waals surface area (Å²) in [6, 6.07) is 20.2. The zero-order chi connectivity index (χ0) is 21.6. The minimum absolute atomic E-state index is 0.325. The van der Waals surface area contributed by atoms with Gasteiger partial charge in [0.2, 0.25) is 0 Å². The Morgan fingerprint density at radius 3 is 2.55 bits per heavy atom. The Bertz CT molecular complexity index is 1170. The summed E-state index contributed by atoms with van der Waals surface area (Å²) in [4.78, 5) is 21.5. The van der Waals surface area contributed by atoms with Crippen molar-refractivity contribution < 1.29 is 9.53 Å². The summed E-state index contributed by atoms with van der Waals surface area (Å²) < 4.78 is 7.31. The molecule has 0 fully saturated rings. The number of esters is 1. The van der Waals surface area contributed by atoms with Crippen LogP contribution in [0.15, 0.2) is 72.0 Å². The van der Waals surface area contributed by atoms with Gasteiger partial charge in [0, 0.05) is 11.9 Å². The lowest BCUT2D eigenvalue weighted by molar-refractivity contribution is 0.0526. The van der Waals surface area contributed by atoms with E-state index in [1.54, 1.807) is 30.9 Å². The molecular formula is C25H25N3O2S. The smallest absolute Gasteiger partial charge is 0.338 e. The highest BCUT2D eigenvalue weighted by Gasteiger charge is 2.15. The summed E-state index contributed by atoms with van der Waals surface area (Å²) in [5, 5.41) is 0.904. The number of hydrogen-bond acceptors (Lipinski definition) is 5. The monoisotopic (exact) mass is 431 g/mol. The summed E-state index contributed by atoms with van der Waals surface area (Å²) >= 11 is 1.69. The molecule has 0 saturated heterocycles. The zero-order valence-electron chi connectivity index (χ0n) is 17.7. The Kier molecular flexibility index (Phi) is 6.67. The van der Waals surface area contributed by atoms with Gasteiger partial charge >= 0.3 is 5.97 Å². The van der Waals surface area contributed by atoms with Crippen molar-refractivity contribution in [3.63, 3.8) is 0 Å². The van der Waals surface area contributed by atoms with Crippen LogP contribution in [0.4, 0.5) is 0 Å². The highest BCUT2D eigenvalue weighted by atomic mass is 32.2. The lowest BCUT2D eigenvalue weighted by Gasteiger charge is -2.09. The average Bonchev–Trinajstić information content (AvgIpc) is 3.15. The molecule has 31 heavy (non-hydrogen) atoms. The average molecular weight is 432 g/mol. The third kappa shape index (κ3) is 4.97. The highest BCUT2D eigenvalue weighted by molar-refractivity contribution is 7.98. The van der Waals surface area contributed by atoms with Crippen LogP contribution in [-0.4, -0.2) is 27.1 Å². The molecule has 2 aromatic carbocycles. The van der Waals surface area contributed by atoms with Crippen LogP contribution in [0.25, 0.3) is 11.0 Å². The SMILES string of the molecule is CCOC(=O)c1ccc2c(c1)nc(SCc1ccc(CC)cc1)n2Cc1ccccn1. The van der Waals surface area contributed by atoms with E-state index in [-0.39, 0.29) is 5.97 Å². The molecule has 0 bridgehead atoms. The molecule has 0 radical (unpaired) electrons. The lowest BCUT2D eigenvalue weighted by atomic mass is 10.1. The first-order valence-corrected chi connectivity index (χ1v) is 11.4. The number of carbonyl (C=O) groups is 1. The molecule has 0 aliphatic carbocycles. The van der Waals surface area contributed by atoms with Crippen molar-refractivity contribution in [1.29, 1.82) is 0 Å². The quantitative estimate of drug-likeness (QED) is 0.272. The Morgan fingerprint density at radius 2 is 1.84 bits per heavy atom. The summed E-state index contributed by atoms with van der Waals surface area (Å²) in [5.41, 5.74) is 5.83. The number of aromatic nitrogens is 3. The number of hydrogen-bond donors (Lipinski definition) is 0. The summed E-state index contributed by atoms with van der Waals surface area (Å²) in [6.45, 7) is 4.93. The van der Waals surface area contributed by atoms with Gasteiger partial charge in [-0.25, -0.2) is 9.78 Å². The van der Waals surface area contributed by atoms with Crippen molar-refractivity contribution in [3.8, 4) is 0 Å². The molecule has 0 amide bonds. The molecule has 4 rings (SSSR count). The van der Waals surface area contributed by atoms with Gasteiger partial charge in [0.25, 0.3) is 0 Å². The van der Waals surface area contributed by atoms with Gasteiger partial charge in [-0.3, -0.25) is 4.98 Å². The van der Waals surface area contributed by atoms with Crippen molar-refractivity contribution >= 4 is 28.8 Å². The molecule has 6 heteroatoms. The molecule has 2 heterocycles. The van der Waals surface area contributed by atoms with E-state index in [1.165, 1.54) is 11.1 Å². The van der Waals surface area contributed by atoms with Gasteiger partial charge in [-0.1, -0.05) is 49.0 Å². The number of imidazole rings is 1. The number of ether oxygens (including phenoxy) is 1. The van der Waals surface area contributed by atoms with Crippen LogP contribution < -0.4 is 0 Å². The van der Waals surface area contributed by atoms with E-state index < -0.39 is 0 Å². The van der Waals surface area contributed by atoms with Gasteiger partial charge in [0.05, 0.1) is 35.4 Å². The maximum absolute atomic E-state index is 12.2. The van der Waals surface area contributed by atoms with E-state index in [0.29, 0.717) is 18.7 Å². The number of pyridine rings is 1. The standard InChI is InChI=1S/C25H25N3O2S/c1-3-18-8-10-19(11-9-18)17-31-25-27-22-15-20(24(29)30-4-2)12-13-23(22)28(25)16-21-7-5-6-14-26-21/h5-15H,3-4,16-17H2,1-2H3. The number of rotatable bonds is 8. The van der Waals surface area contributed by atoms with Gasteiger partial charge < -0.3 is 9.30 Å². The van der Waals surface area contributed by atoms with Gasteiger partial charge in [-0.05, 0) is 54.8 Å². The van der Waals surface area contributed by atoms with Crippen molar-refractivity contribution in [2.24, 2.45) is 0 Å². The predicted octanol–water partition coefficient (Wildman–Crippen LogP) is 5.51. The van der Waals surface area contributed by atoms with E-state index in [0.717, 1.165) is 34.1 Å². The van der Waals surface area contributed by atoms with Crippen molar-refractivity contribution in [3.05, 3.63) is 89.2 Å². The Labute approximate surface area is 186 Å². The number of nitrogens with zero attached hydrogens (tertiary/aromatic N) is 3. The Balaban J connectivity index is 1.66. The first kappa shape index (κ1) is 21.1. The van der Waals surface area contributed by atoms with E-state index in [9.17, 15) is 4.79 Å². The fraction of sp³-hybridized carbons (Fsp3) is 0.240. The topological polar surface area (TPSA) is 57.0 Å². The van der Waals surface area contributed by atoms with E-state index in [1.807, 2.05) is 30.3 Å². The highest BCUT2D eigenvalue weighted by Crippen LogP contribution is 2.28. The van der Waals surface area contributed by atoms with Crippen LogP contribution in [0.5, 0.6) is 0 Å². The number of fused-ring (bicyclic) bond motifs is 1. The molecule has 158 valence electrons. The normalized spacial score (nSPS) is 11.0. The first-order chi connectivity index (χ1) is 15.2. The van der Waals surface area contributed by atoms with Crippen LogP contribution in [0.2, 0.25) is 0 Å². The summed E-state index contributed by atoms with van der Waals surface area (Å²) in [5.74, 6) is 0.495. The molecule has 0 N–H and O–H groups in total. The molecule has 0 aliphatic heterocycles. The maximum Gasteiger partial charge on any atom is 0.338 e. The molecule has 0 atom stereocenters. The lowest BCUT2D eigenvalue weighted by Crippen LogP contribution is -2.05. The van der Waals surface area contributed by atoms with Gasteiger partial charge in [-0.2, -0.15) is 0 Å². The molecule has 4 aromatic rings.